The van der Waals surface area contributed by atoms with Crippen molar-refractivity contribution in [3.05, 3.63) is 29.3 Å². The second kappa shape index (κ2) is 9.60. The summed E-state index contributed by atoms with van der Waals surface area (Å²) in [5.41, 5.74) is 0.611. The molecule has 0 spiro atoms. The number of alkyl halides is 4. The van der Waals surface area contributed by atoms with E-state index in [2.05, 4.69) is 15.3 Å². The molecule has 212 valence electrons. The van der Waals surface area contributed by atoms with Crippen molar-refractivity contribution in [1.29, 1.82) is 0 Å². The zero-order chi connectivity index (χ0) is 27.5. The monoisotopic (exact) mass is 556 g/mol. The zero-order valence-electron chi connectivity index (χ0n) is 21.0. The molecule has 2 saturated heterocycles. The van der Waals surface area contributed by atoms with Crippen molar-refractivity contribution < 1.29 is 41.0 Å². The second-order valence-electron chi connectivity index (χ2n) is 11.2. The molecule has 13 heteroatoms. The Labute approximate surface area is 220 Å². The molecule has 2 aromatic rings. The summed E-state index contributed by atoms with van der Waals surface area (Å²) in [5.74, 6) is -7.98. The van der Waals surface area contributed by atoms with Crippen LogP contribution in [0.1, 0.15) is 61.9 Å². The first-order valence-electron chi connectivity index (χ1n) is 13.3. The molecule has 2 aliphatic heterocycles. The molecule has 2 amide bonds. The third-order valence-electron chi connectivity index (χ3n) is 8.36. The van der Waals surface area contributed by atoms with Gasteiger partial charge in [0.15, 0.2) is 5.82 Å². The van der Waals surface area contributed by atoms with Gasteiger partial charge >= 0.3 is 6.09 Å². The predicted molar refractivity (Wildman–Crippen MR) is 127 cm³/mol. The second-order valence-corrected chi connectivity index (χ2v) is 11.2. The van der Waals surface area contributed by atoms with E-state index in [-0.39, 0.29) is 30.2 Å². The molecule has 2 N–H and O–H groups in total. The fourth-order valence-electron chi connectivity index (χ4n) is 6.22. The quantitative estimate of drug-likeness (QED) is 0.505. The van der Waals surface area contributed by atoms with Crippen molar-refractivity contribution in [2.45, 2.75) is 68.4 Å². The Morgan fingerprint density at radius 3 is 2.49 bits per heavy atom. The molecule has 4 aliphatic rings. The molecule has 2 saturated carbocycles. The van der Waals surface area contributed by atoms with Gasteiger partial charge in [0.25, 0.3) is 11.8 Å². The average Bonchev–Trinajstić information content (AvgIpc) is 3.60. The normalized spacial score (nSPS) is 27.3. The number of alkyl carbamates (subject to hydrolysis) is 1. The van der Waals surface area contributed by atoms with E-state index < -0.39 is 79.6 Å². The van der Waals surface area contributed by atoms with Crippen LogP contribution in [0.4, 0.5) is 26.7 Å². The van der Waals surface area contributed by atoms with Gasteiger partial charge in [-0.15, -0.1) is 0 Å². The Balaban J connectivity index is 1.22. The minimum Gasteiger partial charge on any atom is -0.446 e. The summed E-state index contributed by atoms with van der Waals surface area (Å²) in [5, 5.41) is 2.75. The molecule has 0 radical (unpaired) electrons. The number of H-pyrrole nitrogens is 1. The summed E-state index contributed by atoms with van der Waals surface area (Å²) in [4.78, 5) is 34.0. The van der Waals surface area contributed by atoms with Crippen LogP contribution in [-0.4, -0.2) is 71.1 Å². The number of imidazole rings is 1. The van der Waals surface area contributed by atoms with Gasteiger partial charge < -0.3 is 24.7 Å². The number of carbonyl (C=O) groups excluding carboxylic acids is 2. The third kappa shape index (κ3) is 5.05. The van der Waals surface area contributed by atoms with Crippen molar-refractivity contribution in [2.24, 2.45) is 11.8 Å². The van der Waals surface area contributed by atoms with Crippen molar-refractivity contribution in [3.8, 4) is 0 Å². The van der Waals surface area contributed by atoms with Gasteiger partial charge in [0, 0.05) is 18.8 Å². The summed E-state index contributed by atoms with van der Waals surface area (Å²) in [6, 6.07) is 2.53. The van der Waals surface area contributed by atoms with Crippen LogP contribution in [0.3, 0.4) is 0 Å². The van der Waals surface area contributed by atoms with Crippen LogP contribution < -0.4 is 5.32 Å². The number of benzene rings is 1. The maximum Gasteiger partial charge on any atom is 0.408 e. The van der Waals surface area contributed by atoms with Gasteiger partial charge in [-0.1, -0.05) is 18.9 Å². The van der Waals surface area contributed by atoms with E-state index in [9.17, 15) is 27.2 Å². The number of aromatic nitrogens is 2. The Kier molecular flexibility index (Phi) is 6.47. The zero-order valence-corrected chi connectivity index (χ0v) is 21.0. The number of likely N-dealkylation sites (tertiary alicyclic amines) is 1. The minimum atomic E-state index is -2.90. The molecule has 3 atom stereocenters. The topological polar surface area (TPSA) is 96.5 Å². The number of fused-ring (bicyclic) bond motifs is 1. The van der Waals surface area contributed by atoms with E-state index in [0.29, 0.717) is 11.3 Å². The lowest BCUT2D eigenvalue weighted by Gasteiger charge is -2.40. The van der Waals surface area contributed by atoms with E-state index in [0.717, 1.165) is 30.6 Å². The molecular formula is C26H29F5N4O4. The van der Waals surface area contributed by atoms with Crippen LogP contribution in [0, 0.1) is 17.7 Å². The lowest BCUT2D eigenvalue weighted by Crippen LogP contribution is -2.60. The lowest BCUT2D eigenvalue weighted by atomic mass is 9.86. The molecule has 8 nitrogen and oxygen atoms in total. The molecule has 3 heterocycles. The molecule has 3 unspecified atom stereocenters. The number of carbonyl (C=O) groups is 2. The standard InChI is InChI=1S/C26H29F5N4O4/c27-19-15(16-9-38-10-17(16)23(36)35-11-26(30,31)12-35)5-6-18-21(19)33-22(32-18)20(13-3-1-2-4-13)34-24(37)39-14-7-25(28,29)8-14/h5-6,13-14,16-17,20H,1-4,7-12H2,(H,32,33)(H,34,37). The van der Waals surface area contributed by atoms with Crippen LogP contribution in [0.5, 0.6) is 0 Å². The largest absolute Gasteiger partial charge is 0.446 e. The number of rotatable bonds is 6. The fraction of sp³-hybridized carbons (Fsp3) is 0.654. The molecule has 1 aromatic heterocycles. The molecule has 0 bridgehead atoms. The summed E-state index contributed by atoms with van der Waals surface area (Å²) in [6.07, 6.45) is 0.800. The van der Waals surface area contributed by atoms with Crippen LogP contribution in [-0.2, 0) is 14.3 Å². The number of amides is 2. The van der Waals surface area contributed by atoms with Gasteiger partial charge in [-0.3, -0.25) is 4.79 Å². The Morgan fingerprint density at radius 1 is 1.10 bits per heavy atom. The lowest BCUT2D eigenvalue weighted by molar-refractivity contribution is -0.169. The van der Waals surface area contributed by atoms with Crippen LogP contribution >= 0.6 is 0 Å². The first-order valence-corrected chi connectivity index (χ1v) is 13.3. The Hall–Kier alpha value is -2.96. The van der Waals surface area contributed by atoms with Crippen molar-refractivity contribution in [2.75, 3.05) is 26.3 Å². The van der Waals surface area contributed by atoms with Gasteiger partial charge in [-0.2, -0.15) is 0 Å². The average molecular weight is 557 g/mol. The van der Waals surface area contributed by atoms with Crippen LogP contribution in [0.2, 0.25) is 0 Å². The molecule has 1 aromatic carbocycles. The van der Waals surface area contributed by atoms with E-state index in [1.807, 2.05) is 0 Å². The number of nitrogens with one attached hydrogen (secondary N) is 2. The third-order valence-corrected chi connectivity index (χ3v) is 8.36. The van der Waals surface area contributed by atoms with E-state index in [4.69, 9.17) is 9.47 Å². The first kappa shape index (κ1) is 26.3. The van der Waals surface area contributed by atoms with Crippen molar-refractivity contribution in [3.63, 3.8) is 0 Å². The molecule has 6 rings (SSSR count). The Bertz CT molecular complexity index is 1260. The summed E-state index contributed by atoms with van der Waals surface area (Å²) in [7, 11) is 0. The fourth-order valence-corrected chi connectivity index (χ4v) is 6.22. The van der Waals surface area contributed by atoms with E-state index in [1.165, 1.54) is 6.07 Å². The highest BCUT2D eigenvalue weighted by Crippen LogP contribution is 2.41. The Morgan fingerprint density at radius 2 is 1.82 bits per heavy atom. The number of halogens is 5. The number of hydrogen-bond acceptors (Lipinski definition) is 5. The van der Waals surface area contributed by atoms with Gasteiger partial charge in [-0.05, 0) is 30.4 Å². The highest BCUT2D eigenvalue weighted by molar-refractivity contribution is 5.82. The van der Waals surface area contributed by atoms with E-state index >= 15 is 4.39 Å². The van der Waals surface area contributed by atoms with Crippen LogP contribution in [0.25, 0.3) is 11.0 Å². The minimum absolute atomic E-state index is 0.00311. The highest BCUT2D eigenvalue weighted by atomic mass is 19.3. The SMILES string of the molecule is O=C(NC(c1nc2c(F)c(C3COCC3C(=O)N3CC(F)(F)C3)ccc2[nH]1)C1CCCC1)OC1CC(F)(F)C1. The number of ether oxygens (including phenoxy) is 2. The predicted octanol–water partition coefficient (Wildman–Crippen LogP) is 4.66. The van der Waals surface area contributed by atoms with Gasteiger partial charge in [0.1, 0.15) is 17.4 Å². The molecular weight excluding hydrogens is 527 g/mol. The van der Waals surface area contributed by atoms with Crippen LogP contribution in [0.15, 0.2) is 12.1 Å². The summed E-state index contributed by atoms with van der Waals surface area (Å²) >= 11 is 0. The molecule has 4 fully saturated rings. The van der Waals surface area contributed by atoms with E-state index in [1.54, 1.807) is 6.07 Å². The summed E-state index contributed by atoms with van der Waals surface area (Å²) < 4.78 is 79.4. The molecule has 39 heavy (non-hydrogen) atoms. The molecule has 2 aliphatic carbocycles. The smallest absolute Gasteiger partial charge is 0.408 e. The van der Waals surface area contributed by atoms with Crippen molar-refractivity contribution in [1.82, 2.24) is 20.2 Å². The van der Waals surface area contributed by atoms with Gasteiger partial charge in [0.2, 0.25) is 5.91 Å². The maximum atomic E-state index is 15.8. The summed E-state index contributed by atoms with van der Waals surface area (Å²) in [6.45, 7) is -1.23. The highest BCUT2D eigenvalue weighted by Gasteiger charge is 2.50. The number of aromatic amines is 1. The van der Waals surface area contributed by atoms with Gasteiger partial charge in [0.05, 0.1) is 43.8 Å². The number of hydrogen-bond donors (Lipinski definition) is 2. The van der Waals surface area contributed by atoms with Gasteiger partial charge in [-0.25, -0.2) is 31.7 Å². The first-order chi connectivity index (χ1) is 18.5. The maximum absolute atomic E-state index is 15.8. The number of nitrogens with zero attached hydrogens (tertiary/aromatic N) is 2. The van der Waals surface area contributed by atoms with Crippen molar-refractivity contribution >= 4 is 23.0 Å².